The molecule has 0 spiro atoms. The normalized spacial score (nSPS) is 27.0. The molecule has 0 bridgehead atoms. The fourth-order valence-corrected chi connectivity index (χ4v) is 3.88. The first-order chi connectivity index (χ1) is 11.1. The molecule has 0 N–H and O–H groups in total. The van der Waals surface area contributed by atoms with Crippen molar-refractivity contribution in [3.8, 4) is 0 Å². The van der Waals surface area contributed by atoms with E-state index >= 15 is 0 Å². The van der Waals surface area contributed by atoms with Crippen LogP contribution in [0.2, 0.25) is 0 Å². The van der Waals surface area contributed by atoms with Crippen LogP contribution in [0.15, 0.2) is 24.3 Å². The summed E-state index contributed by atoms with van der Waals surface area (Å²) in [6.07, 6.45) is 5.49. The van der Waals surface area contributed by atoms with Gasteiger partial charge in [-0.3, -0.25) is 19.9 Å². The molecule has 2 aliphatic rings. The van der Waals surface area contributed by atoms with Crippen molar-refractivity contribution < 1.29 is 4.92 Å². The van der Waals surface area contributed by atoms with Gasteiger partial charge < -0.3 is 0 Å². The molecular weight excluding hydrogens is 290 g/mol. The highest BCUT2D eigenvalue weighted by Gasteiger charge is 2.26. The maximum Gasteiger partial charge on any atom is 0.269 e. The summed E-state index contributed by atoms with van der Waals surface area (Å²) in [5, 5.41) is 10.7. The molecule has 1 saturated carbocycles. The predicted molar refractivity (Wildman–Crippen MR) is 91.4 cm³/mol. The number of rotatable bonds is 4. The van der Waals surface area contributed by atoms with Crippen LogP contribution in [0.4, 0.5) is 5.69 Å². The minimum absolute atomic E-state index is 0.171. The Labute approximate surface area is 138 Å². The van der Waals surface area contributed by atoms with Crippen LogP contribution in [-0.4, -0.2) is 46.9 Å². The van der Waals surface area contributed by atoms with Gasteiger partial charge in [0.25, 0.3) is 5.69 Å². The van der Waals surface area contributed by atoms with Crippen molar-refractivity contribution in [2.75, 3.05) is 26.2 Å². The van der Waals surface area contributed by atoms with Crippen molar-refractivity contribution in [3.05, 3.63) is 39.9 Å². The molecule has 0 atom stereocenters. The zero-order valence-electron chi connectivity index (χ0n) is 14.0. The summed E-state index contributed by atoms with van der Waals surface area (Å²) < 4.78 is 0. The van der Waals surface area contributed by atoms with Crippen LogP contribution in [0.5, 0.6) is 0 Å². The number of piperazine rings is 1. The number of nitro groups is 1. The monoisotopic (exact) mass is 317 g/mol. The van der Waals surface area contributed by atoms with Gasteiger partial charge >= 0.3 is 0 Å². The van der Waals surface area contributed by atoms with E-state index in [9.17, 15) is 10.1 Å². The quantitative estimate of drug-likeness (QED) is 0.631. The molecule has 23 heavy (non-hydrogen) atoms. The van der Waals surface area contributed by atoms with Gasteiger partial charge in [0.2, 0.25) is 0 Å². The molecular formula is C18H27N3O2. The smallest absolute Gasteiger partial charge is 0.269 e. The second-order valence-corrected chi connectivity index (χ2v) is 7.15. The van der Waals surface area contributed by atoms with Gasteiger partial charge in [-0.05, 0) is 37.2 Å². The van der Waals surface area contributed by atoms with Crippen molar-refractivity contribution in [1.82, 2.24) is 9.80 Å². The molecule has 1 aromatic carbocycles. The zero-order chi connectivity index (χ0) is 16.2. The van der Waals surface area contributed by atoms with Gasteiger partial charge in [-0.1, -0.05) is 19.1 Å². The van der Waals surface area contributed by atoms with Crippen LogP contribution in [-0.2, 0) is 6.54 Å². The maximum atomic E-state index is 10.7. The van der Waals surface area contributed by atoms with Gasteiger partial charge in [-0.2, -0.15) is 0 Å². The molecule has 5 heteroatoms. The highest BCUT2D eigenvalue weighted by molar-refractivity contribution is 5.32. The van der Waals surface area contributed by atoms with E-state index in [2.05, 4.69) is 16.7 Å². The summed E-state index contributed by atoms with van der Waals surface area (Å²) in [5.41, 5.74) is 1.33. The highest BCUT2D eigenvalue weighted by atomic mass is 16.6. The molecule has 0 radical (unpaired) electrons. The number of nitro benzene ring substituents is 1. The van der Waals surface area contributed by atoms with Crippen molar-refractivity contribution in [2.45, 2.75) is 45.2 Å². The standard InChI is InChI=1S/C18H27N3O2/c1-15-2-6-17(7-3-15)20-12-10-19(11-13-20)14-16-4-8-18(9-5-16)21(22)23/h4-5,8-9,15,17H,2-3,6-7,10-14H2,1H3. The number of hydrogen-bond donors (Lipinski definition) is 0. The molecule has 2 fully saturated rings. The zero-order valence-corrected chi connectivity index (χ0v) is 14.0. The fraction of sp³-hybridized carbons (Fsp3) is 0.667. The van der Waals surface area contributed by atoms with Crippen LogP contribution in [0.1, 0.15) is 38.2 Å². The Hall–Kier alpha value is -1.46. The Kier molecular flexibility index (Phi) is 5.28. The van der Waals surface area contributed by atoms with Crippen LogP contribution < -0.4 is 0 Å². The van der Waals surface area contributed by atoms with E-state index in [4.69, 9.17) is 0 Å². The van der Waals surface area contributed by atoms with E-state index in [-0.39, 0.29) is 10.6 Å². The molecule has 0 aromatic heterocycles. The van der Waals surface area contributed by atoms with E-state index in [0.717, 1.165) is 50.2 Å². The van der Waals surface area contributed by atoms with Crippen molar-refractivity contribution in [3.63, 3.8) is 0 Å². The molecule has 1 heterocycles. The average molecular weight is 317 g/mol. The summed E-state index contributed by atoms with van der Waals surface area (Å²) >= 11 is 0. The summed E-state index contributed by atoms with van der Waals surface area (Å²) in [6.45, 7) is 7.79. The average Bonchev–Trinajstić information content (AvgIpc) is 2.57. The largest absolute Gasteiger partial charge is 0.298 e. The van der Waals surface area contributed by atoms with Crippen LogP contribution >= 0.6 is 0 Å². The number of hydrogen-bond acceptors (Lipinski definition) is 4. The van der Waals surface area contributed by atoms with Crippen molar-refractivity contribution >= 4 is 5.69 Å². The lowest BCUT2D eigenvalue weighted by atomic mass is 9.86. The van der Waals surface area contributed by atoms with Gasteiger partial charge in [0.05, 0.1) is 4.92 Å². The summed E-state index contributed by atoms with van der Waals surface area (Å²) in [5.74, 6) is 0.912. The van der Waals surface area contributed by atoms with Gasteiger partial charge in [-0.25, -0.2) is 0 Å². The van der Waals surface area contributed by atoms with Crippen LogP contribution in [0.25, 0.3) is 0 Å². The molecule has 1 saturated heterocycles. The Bertz CT molecular complexity index is 516. The SMILES string of the molecule is CC1CCC(N2CCN(Cc3ccc([N+](=O)[O-])cc3)CC2)CC1. The van der Waals surface area contributed by atoms with Gasteiger partial charge in [0, 0.05) is 50.9 Å². The van der Waals surface area contributed by atoms with Gasteiger partial charge in [0.1, 0.15) is 0 Å². The minimum atomic E-state index is -0.340. The van der Waals surface area contributed by atoms with E-state index in [1.165, 1.54) is 25.7 Å². The molecule has 3 rings (SSSR count). The van der Waals surface area contributed by atoms with E-state index in [1.807, 2.05) is 12.1 Å². The van der Waals surface area contributed by atoms with Crippen molar-refractivity contribution in [1.29, 1.82) is 0 Å². The first-order valence-corrected chi connectivity index (χ1v) is 8.81. The summed E-state index contributed by atoms with van der Waals surface area (Å²) in [4.78, 5) is 15.5. The Morgan fingerprint density at radius 3 is 2.22 bits per heavy atom. The van der Waals surface area contributed by atoms with Crippen molar-refractivity contribution in [2.24, 2.45) is 5.92 Å². The van der Waals surface area contributed by atoms with Gasteiger partial charge in [0.15, 0.2) is 0 Å². The molecule has 126 valence electrons. The molecule has 1 aliphatic carbocycles. The molecule has 1 aliphatic heterocycles. The first kappa shape index (κ1) is 16.4. The molecule has 5 nitrogen and oxygen atoms in total. The van der Waals surface area contributed by atoms with Crippen LogP contribution in [0.3, 0.4) is 0 Å². The first-order valence-electron chi connectivity index (χ1n) is 8.81. The molecule has 0 unspecified atom stereocenters. The molecule has 0 amide bonds. The molecule has 1 aromatic rings. The fourth-order valence-electron chi connectivity index (χ4n) is 3.88. The predicted octanol–water partition coefficient (Wildman–Crippen LogP) is 3.29. The third-order valence-electron chi connectivity index (χ3n) is 5.46. The van der Waals surface area contributed by atoms with E-state index in [0.29, 0.717) is 0 Å². The summed E-state index contributed by atoms with van der Waals surface area (Å²) in [6, 6.07) is 7.77. The topological polar surface area (TPSA) is 49.6 Å². The number of nitrogens with zero attached hydrogens (tertiary/aromatic N) is 3. The summed E-state index contributed by atoms with van der Waals surface area (Å²) in [7, 11) is 0. The second kappa shape index (κ2) is 7.41. The maximum absolute atomic E-state index is 10.7. The number of benzene rings is 1. The Morgan fingerprint density at radius 2 is 1.65 bits per heavy atom. The minimum Gasteiger partial charge on any atom is -0.298 e. The second-order valence-electron chi connectivity index (χ2n) is 7.15. The van der Waals surface area contributed by atoms with Gasteiger partial charge in [-0.15, -0.1) is 0 Å². The van der Waals surface area contributed by atoms with E-state index in [1.54, 1.807) is 12.1 Å². The Balaban J connectivity index is 1.46. The third-order valence-corrected chi connectivity index (χ3v) is 5.46. The third kappa shape index (κ3) is 4.30. The lowest BCUT2D eigenvalue weighted by Gasteiger charge is -2.41. The Morgan fingerprint density at radius 1 is 1.04 bits per heavy atom. The van der Waals surface area contributed by atoms with Crippen LogP contribution in [0, 0.1) is 16.0 Å². The number of non-ortho nitro benzene ring substituents is 1. The highest BCUT2D eigenvalue weighted by Crippen LogP contribution is 2.27. The lowest BCUT2D eigenvalue weighted by molar-refractivity contribution is -0.384. The lowest BCUT2D eigenvalue weighted by Crippen LogP contribution is -2.50. The van der Waals surface area contributed by atoms with E-state index < -0.39 is 0 Å².